The number of hydrogen-bond donors (Lipinski definition) is 3. The highest BCUT2D eigenvalue weighted by Crippen LogP contribution is 2.19. The van der Waals surface area contributed by atoms with Crippen LogP contribution in [0.5, 0.6) is 0 Å². The van der Waals surface area contributed by atoms with Crippen LogP contribution in [0, 0.1) is 0 Å². The highest BCUT2D eigenvalue weighted by molar-refractivity contribution is 5.76. The summed E-state index contributed by atoms with van der Waals surface area (Å²) in [5, 5.41) is 23.3. The fourth-order valence-corrected chi connectivity index (χ4v) is 12.5. The first-order valence-corrected chi connectivity index (χ1v) is 39.9. The molecule has 0 radical (unpaired) electrons. The Labute approximate surface area is 550 Å². The van der Waals surface area contributed by atoms with Crippen molar-refractivity contribution in [3.8, 4) is 0 Å². The van der Waals surface area contributed by atoms with E-state index in [1.165, 1.54) is 360 Å². The Balaban J connectivity index is 3.43. The van der Waals surface area contributed by atoms with E-state index in [0.29, 0.717) is 19.4 Å². The highest BCUT2D eigenvalue weighted by Gasteiger charge is 2.18. The molecule has 0 aliphatic rings. The number of allylic oxidation sites excluding steroid dienone is 7. The van der Waals surface area contributed by atoms with Crippen LogP contribution in [-0.2, 0) is 14.3 Å². The third kappa shape index (κ3) is 72.9. The minimum absolute atomic E-state index is 0.0105. The zero-order chi connectivity index (χ0) is 63.5. The molecule has 1 amide bonds. The lowest BCUT2D eigenvalue weighted by Crippen LogP contribution is -2.45. The normalized spacial score (nSPS) is 12.7. The summed E-state index contributed by atoms with van der Waals surface area (Å²) in [6, 6.07) is -0.633. The second kappa shape index (κ2) is 77.3. The molecule has 88 heavy (non-hydrogen) atoms. The molecule has 6 nitrogen and oxygen atoms in total. The molecule has 0 spiro atoms. The minimum Gasteiger partial charge on any atom is -0.466 e. The van der Waals surface area contributed by atoms with Crippen LogP contribution in [0.2, 0.25) is 0 Å². The predicted octanol–water partition coefficient (Wildman–Crippen LogP) is 26.4. The van der Waals surface area contributed by atoms with Gasteiger partial charge in [-0.25, -0.2) is 0 Å². The smallest absolute Gasteiger partial charge is 0.305 e. The van der Waals surface area contributed by atoms with Gasteiger partial charge >= 0.3 is 5.97 Å². The average molecular weight is 1240 g/mol. The average Bonchev–Trinajstić information content (AvgIpc) is 3.58. The quantitative estimate of drug-likeness (QED) is 0.0320. The molecule has 518 valence electrons. The molecule has 2 unspecified atom stereocenters. The molecule has 3 N–H and O–H groups in total. The van der Waals surface area contributed by atoms with Crippen LogP contribution in [0.1, 0.15) is 438 Å². The summed E-state index contributed by atoms with van der Waals surface area (Å²) in [6.45, 7) is 4.94. The van der Waals surface area contributed by atoms with E-state index in [2.05, 4.69) is 55.6 Å². The van der Waals surface area contributed by atoms with Gasteiger partial charge in [0.05, 0.1) is 25.4 Å². The van der Waals surface area contributed by atoms with Gasteiger partial charge in [-0.2, -0.15) is 0 Å². The van der Waals surface area contributed by atoms with Gasteiger partial charge in [0.15, 0.2) is 0 Å². The zero-order valence-corrected chi connectivity index (χ0v) is 59.5. The number of unbranched alkanes of at least 4 members (excludes halogenated alkanes) is 58. The van der Waals surface area contributed by atoms with Crippen LogP contribution in [0.25, 0.3) is 0 Å². The first-order valence-electron chi connectivity index (χ1n) is 39.9. The summed E-state index contributed by atoms with van der Waals surface area (Å²) < 4.78 is 5.51. The molecule has 6 heteroatoms. The first-order chi connectivity index (χ1) is 43.5. The number of nitrogens with one attached hydrogen (secondary N) is 1. The molecule has 0 heterocycles. The van der Waals surface area contributed by atoms with Crippen molar-refractivity contribution < 1.29 is 24.5 Å². The number of amides is 1. The van der Waals surface area contributed by atoms with Crippen molar-refractivity contribution in [1.82, 2.24) is 5.32 Å². The SMILES string of the molecule is CCCCCCCC/C=C\CCCCCCCCCCCC(=O)OCCCCCCCCCCC/C=C\C/C=C\CCCCCCCCCCCCCC(=O)NC(CO)C(O)/C=C/CCCCCCCCCCCCCCCCCCCCCCCCC. The maximum Gasteiger partial charge on any atom is 0.305 e. The van der Waals surface area contributed by atoms with Crippen LogP contribution < -0.4 is 5.32 Å². The van der Waals surface area contributed by atoms with Crippen molar-refractivity contribution in [3.63, 3.8) is 0 Å². The van der Waals surface area contributed by atoms with Crippen LogP contribution >= 0.6 is 0 Å². The number of rotatable bonds is 75. The molecular weight excluding hydrogens is 1080 g/mol. The van der Waals surface area contributed by atoms with Gasteiger partial charge in [0, 0.05) is 12.8 Å². The summed E-state index contributed by atoms with van der Waals surface area (Å²) in [7, 11) is 0. The van der Waals surface area contributed by atoms with E-state index < -0.39 is 12.1 Å². The molecule has 0 aliphatic carbocycles. The number of aliphatic hydroxyl groups excluding tert-OH is 2. The van der Waals surface area contributed by atoms with Crippen LogP contribution in [0.3, 0.4) is 0 Å². The number of carbonyl (C=O) groups excluding carboxylic acids is 2. The topological polar surface area (TPSA) is 95.9 Å². The number of esters is 1. The predicted molar refractivity (Wildman–Crippen MR) is 389 cm³/mol. The van der Waals surface area contributed by atoms with Gasteiger partial charge in [-0.15, -0.1) is 0 Å². The van der Waals surface area contributed by atoms with Crippen LogP contribution in [0.4, 0.5) is 0 Å². The van der Waals surface area contributed by atoms with Crippen molar-refractivity contribution in [2.24, 2.45) is 0 Å². The summed E-state index contributed by atoms with van der Waals surface area (Å²) in [6.07, 6.45) is 102. The Morgan fingerprint density at radius 2 is 0.568 bits per heavy atom. The second-order valence-corrected chi connectivity index (χ2v) is 27.4. The van der Waals surface area contributed by atoms with E-state index in [0.717, 1.165) is 51.4 Å². The van der Waals surface area contributed by atoms with E-state index in [-0.39, 0.29) is 18.5 Å². The van der Waals surface area contributed by atoms with Crippen molar-refractivity contribution in [2.75, 3.05) is 13.2 Å². The van der Waals surface area contributed by atoms with Crippen molar-refractivity contribution in [1.29, 1.82) is 0 Å². The zero-order valence-electron chi connectivity index (χ0n) is 59.5. The molecule has 0 aliphatic heterocycles. The minimum atomic E-state index is -0.849. The third-order valence-electron chi connectivity index (χ3n) is 18.6. The molecule has 0 bridgehead atoms. The maximum absolute atomic E-state index is 12.6. The molecular formula is C82H155NO5. The number of aliphatic hydroxyl groups is 2. The van der Waals surface area contributed by atoms with E-state index in [1.807, 2.05) is 6.08 Å². The van der Waals surface area contributed by atoms with Gasteiger partial charge in [-0.3, -0.25) is 9.59 Å². The fraction of sp³-hybridized carbons (Fsp3) is 0.878. The molecule has 0 rings (SSSR count). The molecule has 0 aromatic rings. The van der Waals surface area contributed by atoms with Crippen molar-refractivity contribution in [2.45, 2.75) is 450 Å². The summed E-state index contributed by atoms with van der Waals surface area (Å²) >= 11 is 0. The van der Waals surface area contributed by atoms with E-state index in [4.69, 9.17) is 4.74 Å². The Kier molecular flexibility index (Phi) is 75.4. The second-order valence-electron chi connectivity index (χ2n) is 27.4. The van der Waals surface area contributed by atoms with Gasteiger partial charge in [0.2, 0.25) is 5.91 Å². The Hall–Kier alpha value is -2.18. The number of hydrogen-bond acceptors (Lipinski definition) is 5. The van der Waals surface area contributed by atoms with Crippen LogP contribution in [-0.4, -0.2) is 47.4 Å². The summed E-state index contributed by atoms with van der Waals surface area (Å²) in [5.41, 5.74) is 0. The highest BCUT2D eigenvalue weighted by atomic mass is 16.5. The standard InChI is InChI=1S/C82H155NO5/c1-3-5-7-9-11-13-15-17-19-21-23-24-25-29-32-35-39-42-46-50-54-58-62-66-70-74-80(85)79(78-84)83-81(86)75-71-67-63-59-55-51-47-43-40-36-33-30-27-26-28-31-34-37-41-45-49-53-57-61-65-69-73-77-88-82(87)76-72-68-64-60-56-52-48-44-38-22-20-18-16-14-12-10-8-6-4-2/h18,20,26-27,31,34,70,74,79-80,84-85H,3-17,19,21-25,28-30,32-33,35-69,71-73,75-78H2,1-2H3,(H,83,86)/b20-18-,27-26-,34-31-,74-70+. The number of carbonyl (C=O) groups is 2. The van der Waals surface area contributed by atoms with E-state index >= 15 is 0 Å². The largest absolute Gasteiger partial charge is 0.466 e. The maximum atomic E-state index is 12.6. The van der Waals surface area contributed by atoms with E-state index in [1.54, 1.807) is 6.08 Å². The Bertz CT molecular complexity index is 1470. The molecule has 0 aromatic carbocycles. The lowest BCUT2D eigenvalue weighted by molar-refractivity contribution is -0.143. The monoisotopic (exact) mass is 1230 g/mol. The lowest BCUT2D eigenvalue weighted by Gasteiger charge is -2.20. The van der Waals surface area contributed by atoms with Crippen LogP contribution in [0.15, 0.2) is 48.6 Å². The Morgan fingerprint density at radius 3 is 0.875 bits per heavy atom. The lowest BCUT2D eigenvalue weighted by atomic mass is 10.0. The molecule has 0 saturated heterocycles. The van der Waals surface area contributed by atoms with Gasteiger partial charge < -0.3 is 20.3 Å². The first kappa shape index (κ1) is 85.8. The van der Waals surface area contributed by atoms with Crippen molar-refractivity contribution >= 4 is 11.9 Å². The summed E-state index contributed by atoms with van der Waals surface area (Å²) in [5.74, 6) is -0.0562. The number of ether oxygens (including phenoxy) is 1. The molecule has 0 fully saturated rings. The molecule has 0 aromatic heterocycles. The molecule has 0 saturated carbocycles. The van der Waals surface area contributed by atoms with Gasteiger partial charge in [0.25, 0.3) is 0 Å². The summed E-state index contributed by atoms with van der Waals surface area (Å²) in [4.78, 5) is 24.7. The van der Waals surface area contributed by atoms with Gasteiger partial charge in [0.1, 0.15) is 0 Å². The van der Waals surface area contributed by atoms with Crippen molar-refractivity contribution in [3.05, 3.63) is 48.6 Å². The molecule has 2 atom stereocenters. The van der Waals surface area contributed by atoms with E-state index in [9.17, 15) is 19.8 Å². The van der Waals surface area contributed by atoms with Gasteiger partial charge in [-0.1, -0.05) is 383 Å². The fourth-order valence-electron chi connectivity index (χ4n) is 12.5. The third-order valence-corrected chi connectivity index (χ3v) is 18.6. The Morgan fingerprint density at radius 1 is 0.318 bits per heavy atom. The van der Waals surface area contributed by atoms with Gasteiger partial charge in [-0.05, 0) is 89.9 Å².